The third-order valence-electron chi connectivity index (χ3n) is 2.26. The van der Waals surface area contributed by atoms with Crippen molar-refractivity contribution in [3.05, 3.63) is 0 Å². The molecular weight excluding hydrogens is 128 g/mol. The molecular formula is C8H14O2. The first-order valence-electron chi connectivity index (χ1n) is 4.19. The van der Waals surface area contributed by atoms with E-state index in [1.807, 2.05) is 0 Å². The van der Waals surface area contributed by atoms with E-state index in [2.05, 4.69) is 6.92 Å². The second kappa shape index (κ2) is 2.51. The predicted octanol–water partition coefficient (Wildman–Crippen LogP) is 1.34. The zero-order valence-electron chi connectivity index (χ0n) is 6.38. The quantitative estimate of drug-likeness (QED) is 0.555. The summed E-state index contributed by atoms with van der Waals surface area (Å²) in [5.74, 6) is 0. The Morgan fingerprint density at radius 1 is 1.50 bits per heavy atom. The van der Waals surface area contributed by atoms with Crippen molar-refractivity contribution in [3.8, 4) is 0 Å². The molecule has 0 aromatic rings. The minimum Gasteiger partial charge on any atom is -0.375 e. The molecule has 0 amide bonds. The Hall–Kier alpha value is -0.0800. The second-order valence-electron chi connectivity index (χ2n) is 3.13. The minimum absolute atomic E-state index is 0.435. The first-order chi connectivity index (χ1) is 4.92. The fraction of sp³-hybridized carbons (Fsp3) is 1.00. The van der Waals surface area contributed by atoms with Gasteiger partial charge in [0.2, 0.25) is 0 Å². The first kappa shape index (κ1) is 6.62. The van der Waals surface area contributed by atoms with Crippen molar-refractivity contribution < 1.29 is 9.47 Å². The summed E-state index contributed by atoms with van der Waals surface area (Å²) >= 11 is 0. The van der Waals surface area contributed by atoms with Gasteiger partial charge in [-0.2, -0.15) is 0 Å². The van der Waals surface area contributed by atoms with E-state index < -0.39 is 0 Å². The van der Waals surface area contributed by atoms with Crippen molar-refractivity contribution in [1.82, 2.24) is 0 Å². The van der Waals surface area contributed by atoms with E-state index >= 15 is 0 Å². The van der Waals surface area contributed by atoms with Gasteiger partial charge in [-0.3, -0.25) is 0 Å². The van der Waals surface area contributed by atoms with Crippen LogP contribution in [0.15, 0.2) is 0 Å². The van der Waals surface area contributed by atoms with Crippen LogP contribution in [-0.4, -0.2) is 24.9 Å². The highest BCUT2D eigenvalue weighted by Crippen LogP contribution is 2.40. The molecule has 2 aliphatic rings. The molecule has 1 aliphatic heterocycles. The summed E-state index contributed by atoms with van der Waals surface area (Å²) in [4.78, 5) is 0. The summed E-state index contributed by atoms with van der Waals surface area (Å²) in [5.41, 5.74) is 0. The van der Waals surface area contributed by atoms with Crippen molar-refractivity contribution in [1.29, 1.82) is 0 Å². The molecule has 0 aromatic heterocycles. The summed E-state index contributed by atoms with van der Waals surface area (Å²) in [5, 5.41) is 0. The Bertz CT molecular complexity index is 124. The van der Waals surface area contributed by atoms with Gasteiger partial charge in [0.1, 0.15) is 6.10 Å². The van der Waals surface area contributed by atoms with Crippen LogP contribution in [0.5, 0.6) is 0 Å². The number of hydrogen-bond donors (Lipinski definition) is 0. The van der Waals surface area contributed by atoms with Crippen LogP contribution in [0.2, 0.25) is 0 Å². The van der Waals surface area contributed by atoms with Crippen LogP contribution in [0.4, 0.5) is 0 Å². The van der Waals surface area contributed by atoms with Crippen LogP contribution in [0, 0.1) is 0 Å². The molecule has 0 spiro atoms. The molecule has 1 saturated carbocycles. The van der Waals surface area contributed by atoms with Gasteiger partial charge >= 0.3 is 0 Å². The van der Waals surface area contributed by atoms with Gasteiger partial charge in [-0.25, -0.2) is 0 Å². The average Bonchev–Trinajstić information content (AvgIpc) is 2.63. The lowest BCUT2D eigenvalue weighted by atomic mass is 10.3. The minimum atomic E-state index is 0.435. The molecule has 3 atom stereocenters. The van der Waals surface area contributed by atoms with Crippen LogP contribution in [0.3, 0.4) is 0 Å². The molecule has 58 valence electrons. The Labute approximate surface area is 61.5 Å². The van der Waals surface area contributed by atoms with Gasteiger partial charge in [-0.15, -0.1) is 0 Å². The van der Waals surface area contributed by atoms with Gasteiger partial charge in [0.15, 0.2) is 0 Å². The molecule has 0 bridgehead atoms. The van der Waals surface area contributed by atoms with Crippen molar-refractivity contribution >= 4 is 0 Å². The zero-order chi connectivity index (χ0) is 6.97. The average molecular weight is 142 g/mol. The Kier molecular flexibility index (Phi) is 1.66. The Morgan fingerprint density at radius 3 is 2.90 bits per heavy atom. The van der Waals surface area contributed by atoms with Crippen molar-refractivity contribution in [3.63, 3.8) is 0 Å². The van der Waals surface area contributed by atoms with E-state index in [0.29, 0.717) is 18.3 Å². The maximum Gasteiger partial charge on any atom is 0.110 e. The van der Waals surface area contributed by atoms with Crippen LogP contribution in [0.25, 0.3) is 0 Å². The number of ether oxygens (including phenoxy) is 2. The highest BCUT2D eigenvalue weighted by Gasteiger charge is 2.50. The van der Waals surface area contributed by atoms with Crippen LogP contribution < -0.4 is 0 Å². The summed E-state index contributed by atoms with van der Waals surface area (Å²) in [6.07, 6.45) is 5.04. The summed E-state index contributed by atoms with van der Waals surface area (Å²) < 4.78 is 10.9. The fourth-order valence-electron chi connectivity index (χ4n) is 1.66. The Balaban J connectivity index is 1.72. The lowest BCUT2D eigenvalue weighted by Crippen LogP contribution is -2.16. The normalized spacial score (nSPS) is 43.5. The van der Waals surface area contributed by atoms with E-state index in [1.54, 1.807) is 0 Å². The van der Waals surface area contributed by atoms with Gasteiger partial charge in [0.05, 0.1) is 12.2 Å². The van der Waals surface area contributed by atoms with Crippen LogP contribution in [-0.2, 0) is 9.47 Å². The van der Waals surface area contributed by atoms with E-state index in [1.165, 1.54) is 12.8 Å². The number of hydrogen-bond acceptors (Lipinski definition) is 2. The van der Waals surface area contributed by atoms with Gasteiger partial charge in [-0.05, 0) is 19.3 Å². The number of rotatable bonds is 3. The van der Waals surface area contributed by atoms with Crippen LogP contribution >= 0.6 is 0 Å². The van der Waals surface area contributed by atoms with Gasteiger partial charge in [-0.1, -0.05) is 6.92 Å². The van der Waals surface area contributed by atoms with Gasteiger partial charge in [0.25, 0.3) is 0 Å². The Morgan fingerprint density at radius 2 is 2.40 bits per heavy atom. The summed E-state index contributed by atoms with van der Waals surface area (Å²) in [7, 11) is 0. The topological polar surface area (TPSA) is 21.8 Å². The molecule has 1 heterocycles. The molecule has 2 fully saturated rings. The van der Waals surface area contributed by atoms with Crippen molar-refractivity contribution in [2.75, 3.05) is 6.61 Å². The lowest BCUT2D eigenvalue weighted by Gasteiger charge is -2.10. The van der Waals surface area contributed by atoms with E-state index in [0.717, 1.165) is 13.0 Å². The fourth-order valence-corrected chi connectivity index (χ4v) is 1.66. The molecule has 0 radical (unpaired) electrons. The van der Waals surface area contributed by atoms with Crippen LogP contribution in [0.1, 0.15) is 26.2 Å². The first-order valence-corrected chi connectivity index (χ1v) is 4.19. The lowest BCUT2D eigenvalue weighted by molar-refractivity contribution is 0.0275. The number of epoxide rings is 1. The highest BCUT2D eigenvalue weighted by molar-refractivity contribution is 4.98. The molecule has 10 heavy (non-hydrogen) atoms. The predicted molar refractivity (Wildman–Crippen MR) is 37.9 cm³/mol. The molecule has 0 N–H and O–H groups in total. The molecule has 1 aliphatic carbocycles. The highest BCUT2D eigenvalue weighted by atomic mass is 16.6. The zero-order valence-corrected chi connectivity index (χ0v) is 6.38. The molecule has 2 rings (SSSR count). The molecule has 2 heteroatoms. The molecule has 2 nitrogen and oxygen atoms in total. The van der Waals surface area contributed by atoms with Crippen molar-refractivity contribution in [2.24, 2.45) is 0 Å². The maximum absolute atomic E-state index is 5.58. The molecule has 0 aromatic carbocycles. The number of fused-ring (bicyclic) bond motifs is 1. The van der Waals surface area contributed by atoms with Crippen molar-refractivity contribution in [2.45, 2.75) is 44.5 Å². The molecule has 3 unspecified atom stereocenters. The summed E-state index contributed by atoms with van der Waals surface area (Å²) in [6.45, 7) is 3.04. The maximum atomic E-state index is 5.58. The second-order valence-corrected chi connectivity index (χ2v) is 3.13. The SMILES string of the molecule is CCCOC1CCC2OC12. The third kappa shape index (κ3) is 1.06. The monoisotopic (exact) mass is 142 g/mol. The smallest absolute Gasteiger partial charge is 0.110 e. The largest absolute Gasteiger partial charge is 0.375 e. The summed E-state index contributed by atoms with van der Waals surface area (Å²) in [6, 6.07) is 0. The van der Waals surface area contributed by atoms with E-state index in [4.69, 9.17) is 9.47 Å². The van der Waals surface area contributed by atoms with Gasteiger partial charge in [0, 0.05) is 6.61 Å². The third-order valence-corrected chi connectivity index (χ3v) is 2.26. The van der Waals surface area contributed by atoms with E-state index in [9.17, 15) is 0 Å². The standard InChI is InChI=1S/C8H14O2/c1-2-5-9-6-3-4-7-8(6)10-7/h6-8H,2-5H2,1H3. The van der Waals surface area contributed by atoms with E-state index in [-0.39, 0.29) is 0 Å². The van der Waals surface area contributed by atoms with Gasteiger partial charge < -0.3 is 9.47 Å². The molecule has 1 saturated heterocycles.